The summed E-state index contributed by atoms with van der Waals surface area (Å²) in [6.07, 6.45) is 3.92. The van der Waals surface area contributed by atoms with Crippen LogP contribution in [-0.4, -0.2) is 33.6 Å². The molecule has 0 amide bonds. The van der Waals surface area contributed by atoms with Crippen molar-refractivity contribution < 1.29 is 0 Å². The van der Waals surface area contributed by atoms with Crippen LogP contribution in [0.25, 0.3) is 11.0 Å². The third-order valence-electron chi connectivity index (χ3n) is 4.47. The van der Waals surface area contributed by atoms with Gasteiger partial charge >= 0.3 is 0 Å². The molecule has 24 heavy (non-hydrogen) atoms. The monoisotopic (exact) mass is 344 g/mol. The molecule has 126 valence electrons. The molecule has 0 radical (unpaired) electrons. The van der Waals surface area contributed by atoms with E-state index < -0.39 is 0 Å². The summed E-state index contributed by atoms with van der Waals surface area (Å²) in [6.45, 7) is 6.89. The van der Waals surface area contributed by atoms with Crippen molar-refractivity contribution in [3.63, 3.8) is 0 Å². The average molecular weight is 345 g/mol. The second kappa shape index (κ2) is 5.94. The predicted molar refractivity (Wildman–Crippen MR) is 98.8 cm³/mol. The Morgan fingerprint density at radius 2 is 1.88 bits per heavy atom. The first kappa shape index (κ1) is 16.5. The number of aromatic nitrogens is 4. The molecule has 0 spiro atoms. The van der Waals surface area contributed by atoms with E-state index in [0.717, 1.165) is 22.4 Å². The number of nitrogens with zero attached hydrogens (tertiary/aromatic N) is 5. The first-order chi connectivity index (χ1) is 11.3. The zero-order valence-corrected chi connectivity index (χ0v) is 15.3. The number of rotatable bonds is 3. The van der Waals surface area contributed by atoms with E-state index in [1.165, 1.54) is 16.7 Å². The Hall–Kier alpha value is -2.34. The fourth-order valence-corrected chi connectivity index (χ4v) is 3.07. The SMILES string of the molecule is Cc1cnc(Cn2cc(N(C)C)c3c(Cl)nc(N)nc32)c(C)c1C. The minimum absolute atomic E-state index is 0.168. The van der Waals surface area contributed by atoms with Gasteiger partial charge in [-0.15, -0.1) is 0 Å². The maximum atomic E-state index is 6.32. The number of aryl methyl sites for hydroxylation is 1. The van der Waals surface area contributed by atoms with Crippen molar-refractivity contribution >= 4 is 34.3 Å². The predicted octanol–water partition coefficient (Wildman–Crippen LogP) is 3.10. The summed E-state index contributed by atoms with van der Waals surface area (Å²) in [7, 11) is 3.93. The Kier molecular flexibility index (Phi) is 4.09. The fraction of sp³-hybridized carbons (Fsp3) is 0.353. The maximum Gasteiger partial charge on any atom is 0.223 e. The van der Waals surface area contributed by atoms with Crippen molar-refractivity contribution in [2.75, 3.05) is 24.7 Å². The smallest absolute Gasteiger partial charge is 0.223 e. The van der Waals surface area contributed by atoms with Gasteiger partial charge < -0.3 is 15.2 Å². The molecule has 0 aliphatic rings. The summed E-state index contributed by atoms with van der Waals surface area (Å²) in [5.41, 5.74) is 12.1. The van der Waals surface area contributed by atoms with Gasteiger partial charge in [-0.25, -0.2) is 4.98 Å². The van der Waals surface area contributed by atoms with Crippen LogP contribution in [0.15, 0.2) is 12.4 Å². The fourth-order valence-electron chi connectivity index (χ4n) is 2.80. The van der Waals surface area contributed by atoms with Crippen LogP contribution in [-0.2, 0) is 6.54 Å². The lowest BCUT2D eigenvalue weighted by Gasteiger charge is -2.11. The third kappa shape index (κ3) is 2.67. The normalized spacial score (nSPS) is 11.2. The van der Waals surface area contributed by atoms with Gasteiger partial charge in [-0.3, -0.25) is 4.98 Å². The molecule has 2 N–H and O–H groups in total. The highest BCUT2D eigenvalue weighted by atomic mass is 35.5. The molecule has 0 aliphatic carbocycles. The molecular formula is C17H21ClN6. The summed E-state index contributed by atoms with van der Waals surface area (Å²) < 4.78 is 2.03. The summed E-state index contributed by atoms with van der Waals surface area (Å²) in [5.74, 6) is 0.168. The van der Waals surface area contributed by atoms with E-state index in [4.69, 9.17) is 17.3 Å². The lowest BCUT2D eigenvalue weighted by atomic mass is 10.0. The Balaban J connectivity index is 2.19. The zero-order chi connectivity index (χ0) is 17.6. The van der Waals surface area contributed by atoms with Crippen LogP contribution in [0.4, 0.5) is 11.6 Å². The van der Waals surface area contributed by atoms with Crippen LogP contribution in [0.5, 0.6) is 0 Å². The molecular weight excluding hydrogens is 324 g/mol. The number of anilines is 2. The Bertz CT molecular complexity index is 929. The van der Waals surface area contributed by atoms with Crippen LogP contribution < -0.4 is 10.6 Å². The number of nitrogens with two attached hydrogens (primary N) is 1. The lowest BCUT2D eigenvalue weighted by Crippen LogP contribution is -2.08. The molecule has 3 aromatic heterocycles. The highest BCUT2D eigenvalue weighted by Crippen LogP contribution is 2.33. The largest absolute Gasteiger partial charge is 0.376 e. The molecule has 6 nitrogen and oxygen atoms in total. The zero-order valence-electron chi connectivity index (χ0n) is 14.6. The Morgan fingerprint density at radius 3 is 2.54 bits per heavy atom. The molecule has 0 aromatic carbocycles. The van der Waals surface area contributed by atoms with Gasteiger partial charge in [0.15, 0.2) is 0 Å². The van der Waals surface area contributed by atoms with Crippen molar-refractivity contribution in [2.24, 2.45) is 0 Å². The van der Waals surface area contributed by atoms with E-state index in [1.807, 2.05) is 36.0 Å². The van der Waals surface area contributed by atoms with Gasteiger partial charge in [-0.2, -0.15) is 4.98 Å². The Morgan fingerprint density at radius 1 is 1.17 bits per heavy atom. The van der Waals surface area contributed by atoms with Crippen LogP contribution >= 0.6 is 11.6 Å². The molecule has 0 unspecified atom stereocenters. The third-order valence-corrected chi connectivity index (χ3v) is 4.75. The van der Waals surface area contributed by atoms with Gasteiger partial charge in [0, 0.05) is 26.5 Å². The van der Waals surface area contributed by atoms with Crippen molar-refractivity contribution in [2.45, 2.75) is 27.3 Å². The number of halogens is 1. The lowest BCUT2D eigenvalue weighted by molar-refractivity contribution is 0.785. The minimum Gasteiger partial charge on any atom is -0.376 e. The molecule has 0 atom stereocenters. The van der Waals surface area contributed by atoms with Crippen LogP contribution in [0.1, 0.15) is 22.4 Å². The molecule has 7 heteroatoms. The molecule has 0 bridgehead atoms. The van der Waals surface area contributed by atoms with Crippen LogP contribution in [0.2, 0.25) is 5.15 Å². The van der Waals surface area contributed by atoms with E-state index in [1.54, 1.807) is 0 Å². The van der Waals surface area contributed by atoms with Gasteiger partial charge in [0.1, 0.15) is 10.8 Å². The Labute approximate surface area is 146 Å². The number of nitrogen functional groups attached to an aromatic ring is 1. The molecule has 0 fully saturated rings. The first-order valence-electron chi connectivity index (χ1n) is 7.70. The average Bonchev–Trinajstić information content (AvgIpc) is 2.87. The standard InChI is InChI=1S/C17H21ClN6/c1-9-6-20-12(11(3)10(9)2)7-24-8-13(23(4)5)14-15(18)21-17(19)22-16(14)24/h6,8H,7H2,1-5H3,(H2,19,21,22). The summed E-state index contributed by atoms with van der Waals surface area (Å²) >= 11 is 6.32. The van der Waals surface area contributed by atoms with E-state index in [9.17, 15) is 0 Å². The van der Waals surface area contributed by atoms with E-state index in [2.05, 4.69) is 35.7 Å². The van der Waals surface area contributed by atoms with E-state index in [-0.39, 0.29) is 5.95 Å². The van der Waals surface area contributed by atoms with Gasteiger partial charge in [-0.1, -0.05) is 11.6 Å². The van der Waals surface area contributed by atoms with E-state index >= 15 is 0 Å². The molecule has 0 aliphatic heterocycles. The highest BCUT2D eigenvalue weighted by Gasteiger charge is 2.18. The number of hydrogen-bond donors (Lipinski definition) is 1. The van der Waals surface area contributed by atoms with Gasteiger partial charge in [0.2, 0.25) is 5.95 Å². The molecule has 3 aromatic rings. The minimum atomic E-state index is 0.168. The maximum absolute atomic E-state index is 6.32. The van der Waals surface area contributed by atoms with E-state index in [0.29, 0.717) is 11.7 Å². The summed E-state index contributed by atoms with van der Waals surface area (Å²) in [4.78, 5) is 15.1. The van der Waals surface area contributed by atoms with Gasteiger partial charge in [0.25, 0.3) is 0 Å². The molecule has 3 heterocycles. The number of fused-ring (bicyclic) bond motifs is 1. The molecule has 3 rings (SSSR count). The van der Waals surface area contributed by atoms with Crippen molar-refractivity contribution in [3.05, 3.63) is 39.9 Å². The van der Waals surface area contributed by atoms with Crippen molar-refractivity contribution in [3.8, 4) is 0 Å². The number of pyridine rings is 1. The first-order valence-corrected chi connectivity index (χ1v) is 8.08. The highest BCUT2D eigenvalue weighted by molar-refractivity contribution is 6.35. The second-order valence-corrected chi connectivity index (χ2v) is 6.60. The van der Waals surface area contributed by atoms with Crippen molar-refractivity contribution in [1.82, 2.24) is 19.5 Å². The van der Waals surface area contributed by atoms with Crippen LogP contribution in [0, 0.1) is 20.8 Å². The van der Waals surface area contributed by atoms with Crippen LogP contribution in [0.3, 0.4) is 0 Å². The molecule has 0 saturated heterocycles. The van der Waals surface area contributed by atoms with Crippen molar-refractivity contribution in [1.29, 1.82) is 0 Å². The van der Waals surface area contributed by atoms with Gasteiger partial charge in [-0.05, 0) is 37.5 Å². The number of hydrogen-bond acceptors (Lipinski definition) is 5. The van der Waals surface area contributed by atoms with Gasteiger partial charge in [0.05, 0.1) is 23.3 Å². The topological polar surface area (TPSA) is 72.9 Å². The summed E-state index contributed by atoms with van der Waals surface area (Å²) in [5, 5.41) is 1.17. The second-order valence-electron chi connectivity index (χ2n) is 6.25. The quantitative estimate of drug-likeness (QED) is 0.739. The summed E-state index contributed by atoms with van der Waals surface area (Å²) in [6, 6.07) is 0. The molecule has 0 saturated carbocycles.